The van der Waals surface area contributed by atoms with E-state index in [0.717, 1.165) is 0 Å². The minimum Gasteiger partial charge on any atom is -0.288 e. The zero-order valence-electron chi connectivity index (χ0n) is 5.72. The fraction of sp³-hybridized carbons (Fsp3) is 0.667. The average Bonchev–Trinajstić information content (AvgIpc) is 1.79. The highest BCUT2D eigenvalue weighted by molar-refractivity contribution is 8.13. The SMILES string of the molecule is CC(=O)SCCCC(=O)Cl. The van der Waals surface area contributed by atoms with Gasteiger partial charge in [0.2, 0.25) is 5.24 Å². The van der Waals surface area contributed by atoms with Crippen molar-refractivity contribution in [3.8, 4) is 0 Å². The van der Waals surface area contributed by atoms with Crippen LogP contribution in [-0.2, 0) is 9.59 Å². The van der Waals surface area contributed by atoms with Gasteiger partial charge in [0.15, 0.2) is 5.12 Å². The minimum atomic E-state index is -0.329. The van der Waals surface area contributed by atoms with Crippen molar-refractivity contribution in [3.63, 3.8) is 0 Å². The molecule has 0 rings (SSSR count). The maximum atomic E-state index is 10.3. The molecule has 2 nitrogen and oxygen atoms in total. The van der Waals surface area contributed by atoms with E-state index in [1.165, 1.54) is 18.7 Å². The van der Waals surface area contributed by atoms with E-state index >= 15 is 0 Å². The van der Waals surface area contributed by atoms with E-state index in [4.69, 9.17) is 11.6 Å². The second-order valence-corrected chi connectivity index (χ2v) is 3.49. The Morgan fingerprint density at radius 2 is 2.10 bits per heavy atom. The van der Waals surface area contributed by atoms with Crippen molar-refractivity contribution >= 4 is 33.7 Å². The topological polar surface area (TPSA) is 34.1 Å². The monoisotopic (exact) mass is 180 g/mol. The van der Waals surface area contributed by atoms with Crippen LogP contribution in [0.25, 0.3) is 0 Å². The molecular weight excluding hydrogens is 172 g/mol. The lowest BCUT2D eigenvalue weighted by Gasteiger charge is -1.92. The molecule has 0 aliphatic heterocycles. The lowest BCUT2D eigenvalue weighted by molar-refractivity contribution is -0.112. The predicted octanol–water partition coefficient (Wildman–Crippen LogP) is 1.81. The van der Waals surface area contributed by atoms with Gasteiger partial charge >= 0.3 is 0 Å². The molecule has 0 saturated heterocycles. The molecule has 0 aromatic carbocycles. The van der Waals surface area contributed by atoms with Gasteiger partial charge in [-0.05, 0) is 18.0 Å². The van der Waals surface area contributed by atoms with Gasteiger partial charge in [0.05, 0.1) is 0 Å². The zero-order chi connectivity index (χ0) is 7.98. The summed E-state index contributed by atoms with van der Waals surface area (Å²) in [6, 6.07) is 0. The first kappa shape index (κ1) is 9.98. The summed E-state index contributed by atoms with van der Waals surface area (Å²) in [6.45, 7) is 1.51. The number of hydrogen-bond donors (Lipinski definition) is 0. The molecular formula is C6H9ClO2S. The van der Waals surface area contributed by atoms with Gasteiger partial charge in [-0.2, -0.15) is 0 Å². The van der Waals surface area contributed by atoms with Gasteiger partial charge in [-0.3, -0.25) is 9.59 Å². The number of carbonyl (C=O) groups excluding carboxylic acids is 2. The Balaban J connectivity index is 3.06. The molecule has 58 valence electrons. The summed E-state index contributed by atoms with van der Waals surface area (Å²) in [5.74, 6) is 0.688. The molecule has 0 heterocycles. The van der Waals surface area contributed by atoms with Gasteiger partial charge in [0.1, 0.15) is 0 Å². The van der Waals surface area contributed by atoms with E-state index in [1.807, 2.05) is 0 Å². The van der Waals surface area contributed by atoms with Gasteiger partial charge < -0.3 is 0 Å². The van der Waals surface area contributed by atoms with E-state index in [1.54, 1.807) is 0 Å². The summed E-state index contributed by atoms with van der Waals surface area (Å²) in [5, 5.41) is -0.244. The number of thioether (sulfide) groups is 1. The first-order valence-corrected chi connectivity index (χ1v) is 4.31. The number of halogens is 1. The van der Waals surface area contributed by atoms with E-state index in [-0.39, 0.29) is 10.4 Å². The highest BCUT2D eigenvalue weighted by atomic mass is 35.5. The molecule has 0 amide bonds. The molecule has 0 radical (unpaired) electrons. The van der Waals surface area contributed by atoms with Crippen molar-refractivity contribution in [1.82, 2.24) is 0 Å². The van der Waals surface area contributed by atoms with Crippen molar-refractivity contribution < 1.29 is 9.59 Å². The average molecular weight is 181 g/mol. The molecule has 0 aromatic rings. The maximum Gasteiger partial charge on any atom is 0.221 e. The Hall–Kier alpha value is -0.0200. The van der Waals surface area contributed by atoms with Crippen LogP contribution in [0.5, 0.6) is 0 Å². The molecule has 0 atom stereocenters. The van der Waals surface area contributed by atoms with Crippen molar-refractivity contribution in [2.24, 2.45) is 0 Å². The predicted molar refractivity (Wildman–Crippen MR) is 43.2 cm³/mol. The molecule has 0 bridgehead atoms. The number of carbonyl (C=O) groups is 2. The lowest BCUT2D eigenvalue weighted by Crippen LogP contribution is -1.90. The van der Waals surface area contributed by atoms with Gasteiger partial charge in [-0.1, -0.05) is 11.8 Å². The van der Waals surface area contributed by atoms with Crippen molar-refractivity contribution in [3.05, 3.63) is 0 Å². The smallest absolute Gasteiger partial charge is 0.221 e. The Morgan fingerprint density at radius 1 is 1.50 bits per heavy atom. The van der Waals surface area contributed by atoms with Crippen LogP contribution in [0.4, 0.5) is 0 Å². The Labute approximate surface area is 69.3 Å². The molecule has 0 unspecified atom stereocenters. The quantitative estimate of drug-likeness (QED) is 0.489. The van der Waals surface area contributed by atoms with Crippen LogP contribution in [0, 0.1) is 0 Å². The third-order valence-corrected chi connectivity index (χ3v) is 1.91. The minimum absolute atomic E-state index is 0.0852. The van der Waals surface area contributed by atoms with Gasteiger partial charge in [0.25, 0.3) is 0 Å². The fourth-order valence-corrected chi connectivity index (χ4v) is 1.14. The summed E-state index contributed by atoms with van der Waals surface area (Å²) in [7, 11) is 0. The second-order valence-electron chi connectivity index (χ2n) is 1.80. The Kier molecular flexibility index (Phi) is 5.73. The van der Waals surface area contributed by atoms with Crippen LogP contribution in [0.1, 0.15) is 19.8 Å². The third-order valence-electron chi connectivity index (χ3n) is 0.823. The molecule has 0 fully saturated rings. The van der Waals surface area contributed by atoms with Crippen LogP contribution in [0.3, 0.4) is 0 Å². The molecule has 0 aliphatic rings. The van der Waals surface area contributed by atoms with Crippen molar-refractivity contribution in [2.45, 2.75) is 19.8 Å². The zero-order valence-corrected chi connectivity index (χ0v) is 7.30. The van der Waals surface area contributed by atoms with Crippen molar-refractivity contribution in [2.75, 3.05) is 5.75 Å². The van der Waals surface area contributed by atoms with Crippen molar-refractivity contribution in [1.29, 1.82) is 0 Å². The highest BCUT2D eigenvalue weighted by Gasteiger charge is 1.97. The molecule has 0 aromatic heterocycles. The van der Waals surface area contributed by atoms with Crippen LogP contribution in [-0.4, -0.2) is 16.1 Å². The summed E-state index contributed by atoms with van der Waals surface area (Å²) in [5.41, 5.74) is 0. The molecule has 0 aliphatic carbocycles. The fourth-order valence-electron chi connectivity index (χ4n) is 0.427. The van der Waals surface area contributed by atoms with Crippen LogP contribution in [0.2, 0.25) is 0 Å². The normalized spacial score (nSPS) is 9.40. The molecule has 0 spiro atoms. The standard InChI is InChI=1S/C6H9ClO2S/c1-5(8)10-4-2-3-6(7)9/h2-4H2,1H3. The van der Waals surface area contributed by atoms with E-state index in [2.05, 4.69) is 0 Å². The van der Waals surface area contributed by atoms with Gasteiger partial charge in [0, 0.05) is 19.1 Å². The van der Waals surface area contributed by atoms with E-state index in [0.29, 0.717) is 18.6 Å². The van der Waals surface area contributed by atoms with E-state index in [9.17, 15) is 9.59 Å². The van der Waals surface area contributed by atoms with E-state index < -0.39 is 0 Å². The second kappa shape index (κ2) is 5.74. The maximum absolute atomic E-state index is 10.3. The van der Waals surface area contributed by atoms with Crippen LogP contribution < -0.4 is 0 Å². The first-order valence-electron chi connectivity index (χ1n) is 2.94. The van der Waals surface area contributed by atoms with Crippen LogP contribution in [0.15, 0.2) is 0 Å². The molecule has 10 heavy (non-hydrogen) atoms. The summed E-state index contributed by atoms with van der Waals surface area (Å²) >= 11 is 6.28. The Morgan fingerprint density at radius 3 is 2.50 bits per heavy atom. The lowest BCUT2D eigenvalue weighted by atomic mass is 10.4. The largest absolute Gasteiger partial charge is 0.288 e. The van der Waals surface area contributed by atoms with Gasteiger partial charge in [-0.25, -0.2) is 0 Å². The molecule has 0 N–H and O–H groups in total. The number of rotatable bonds is 4. The summed E-state index contributed by atoms with van der Waals surface area (Å²) in [4.78, 5) is 20.5. The third kappa shape index (κ3) is 7.98. The molecule has 4 heteroatoms. The molecule has 0 saturated carbocycles. The first-order chi connectivity index (χ1) is 4.63. The van der Waals surface area contributed by atoms with Gasteiger partial charge in [-0.15, -0.1) is 0 Å². The van der Waals surface area contributed by atoms with Crippen LogP contribution >= 0.6 is 23.4 Å². The summed E-state index contributed by atoms with van der Waals surface area (Å²) < 4.78 is 0. The highest BCUT2D eigenvalue weighted by Crippen LogP contribution is 2.05. The summed E-state index contributed by atoms with van der Waals surface area (Å²) in [6.07, 6.45) is 1.05. The Bertz CT molecular complexity index is 120. The number of hydrogen-bond acceptors (Lipinski definition) is 3.